The number of benzene rings is 1. The second kappa shape index (κ2) is 7.63. The first-order chi connectivity index (χ1) is 14.0. The number of nitrogens with zero attached hydrogens (tertiary/aromatic N) is 3. The molecule has 0 fully saturated rings. The summed E-state index contributed by atoms with van der Waals surface area (Å²) in [5.41, 5.74) is 1.54. The maximum Gasteiger partial charge on any atom is 0.419 e. The zero-order chi connectivity index (χ0) is 20.4. The summed E-state index contributed by atoms with van der Waals surface area (Å²) >= 11 is 0. The number of carbonyl (C=O) groups is 1. The van der Waals surface area contributed by atoms with E-state index in [4.69, 9.17) is 8.83 Å². The maximum absolute atomic E-state index is 12.4. The van der Waals surface area contributed by atoms with Gasteiger partial charge in [-0.05, 0) is 36.8 Å². The standard InChI is InChI=1S/C20H18N4O5/c1-2-9-23-15-7-5-13(11-17(15)29-20(23)27)21-18(25)12-24-19(26)8-6-14(22-24)16-4-3-10-28-16/h3-8,10-11H,2,9,12H2,1H3,(H,21,25). The molecule has 9 heteroatoms. The number of oxazole rings is 1. The Hall–Kier alpha value is -3.88. The summed E-state index contributed by atoms with van der Waals surface area (Å²) in [5, 5.41) is 6.86. The first kappa shape index (κ1) is 18.5. The topological polar surface area (TPSA) is 112 Å². The van der Waals surface area contributed by atoms with Crippen LogP contribution in [0.1, 0.15) is 13.3 Å². The number of hydrogen-bond donors (Lipinski definition) is 1. The van der Waals surface area contributed by atoms with Crippen molar-refractivity contribution in [2.24, 2.45) is 0 Å². The van der Waals surface area contributed by atoms with Crippen LogP contribution in [-0.4, -0.2) is 20.3 Å². The highest BCUT2D eigenvalue weighted by Gasteiger charge is 2.12. The number of nitrogens with one attached hydrogen (secondary N) is 1. The lowest BCUT2D eigenvalue weighted by Crippen LogP contribution is -2.29. The largest absolute Gasteiger partial charge is 0.463 e. The predicted molar refractivity (Wildman–Crippen MR) is 106 cm³/mol. The van der Waals surface area contributed by atoms with E-state index in [9.17, 15) is 14.4 Å². The molecular weight excluding hydrogens is 376 g/mol. The molecule has 0 saturated carbocycles. The van der Waals surface area contributed by atoms with Crippen LogP contribution in [0, 0.1) is 0 Å². The van der Waals surface area contributed by atoms with Crippen LogP contribution in [0.25, 0.3) is 22.6 Å². The van der Waals surface area contributed by atoms with Crippen LogP contribution in [-0.2, 0) is 17.9 Å². The van der Waals surface area contributed by atoms with Gasteiger partial charge in [0.2, 0.25) is 5.91 Å². The first-order valence-electron chi connectivity index (χ1n) is 9.10. The fraction of sp³-hybridized carbons (Fsp3) is 0.200. The fourth-order valence-electron chi connectivity index (χ4n) is 3.03. The van der Waals surface area contributed by atoms with Crippen LogP contribution in [0.4, 0.5) is 5.69 Å². The molecule has 0 aliphatic carbocycles. The molecule has 0 saturated heterocycles. The Labute approximate surface area is 164 Å². The lowest BCUT2D eigenvalue weighted by Gasteiger charge is -2.08. The zero-order valence-corrected chi connectivity index (χ0v) is 15.6. The summed E-state index contributed by atoms with van der Waals surface area (Å²) in [6, 6.07) is 11.3. The van der Waals surface area contributed by atoms with E-state index in [2.05, 4.69) is 10.4 Å². The molecular formula is C20H18N4O5. The molecule has 3 aromatic heterocycles. The van der Waals surface area contributed by atoms with Gasteiger partial charge < -0.3 is 14.2 Å². The van der Waals surface area contributed by atoms with Crippen LogP contribution < -0.4 is 16.6 Å². The van der Waals surface area contributed by atoms with Gasteiger partial charge in [-0.2, -0.15) is 5.10 Å². The molecule has 0 bridgehead atoms. The molecule has 0 aliphatic rings. The summed E-state index contributed by atoms with van der Waals surface area (Å²) in [4.78, 5) is 36.4. The average molecular weight is 394 g/mol. The lowest BCUT2D eigenvalue weighted by molar-refractivity contribution is -0.117. The molecule has 29 heavy (non-hydrogen) atoms. The SMILES string of the molecule is CCCn1c(=O)oc2cc(NC(=O)Cn3nc(-c4ccco4)ccc3=O)ccc21. The summed E-state index contributed by atoms with van der Waals surface area (Å²) in [6.07, 6.45) is 2.30. The molecule has 1 aromatic carbocycles. The number of fused-ring (bicyclic) bond motifs is 1. The van der Waals surface area contributed by atoms with Crippen molar-refractivity contribution in [3.63, 3.8) is 0 Å². The predicted octanol–water partition coefficient (Wildman–Crippen LogP) is 2.46. The summed E-state index contributed by atoms with van der Waals surface area (Å²) in [5.74, 6) is -0.377. The summed E-state index contributed by atoms with van der Waals surface area (Å²) in [6.45, 7) is 2.25. The number of carbonyl (C=O) groups excluding carboxylic acids is 1. The minimum absolute atomic E-state index is 0.272. The second-order valence-electron chi connectivity index (χ2n) is 6.44. The van der Waals surface area contributed by atoms with E-state index >= 15 is 0 Å². The van der Waals surface area contributed by atoms with Gasteiger partial charge in [-0.25, -0.2) is 9.48 Å². The Bertz CT molecular complexity index is 1280. The van der Waals surface area contributed by atoms with Gasteiger partial charge in [0.1, 0.15) is 12.2 Å². The van der Waals surface area contributed by atoms with E-state index in [-0.39, 0.29) is 6.54 Å². The number of aromatic nitrogens is 3. The van der Waals surface area contributed by atoms with Crippen LogP contribution in [0.5, 0.6) is 0 Å². The summed E-state index contributed by atoms with van der Waals surface area (Å²) in [7, 11) is 0. The van der Waals surface area contributed by atoms with Crippen molar-refractivity contribution in [3.8, 4) is 11.5 Å². The number of anilines is 1. The lowest BCUT2D eigenvalue weighted by atomic mass is 10.2. The zero-order valence-electron chi connectivity index (χ0n) is 15.6. The maximum atomic E-state index is 12.4. The van der Waals surface area contributed by atoms with Gasteiger partial charge in [-0.1, -0.05) is 6.92 Å². The normalized spacial score (nSPS) is 11.1. The van der Waals surface area contributed by atoms with E-state index in [1.807, 2.05) is 6.92 Å². The van der Waals surface area contributed by atoms with Crippen molar-refractivity contribution in [1.82, 2.24) is 14.3 Å². The fourth-order valence-corrected chi connectivity index (χ4v) is 3.03. The van der Waals surface area contributed by atoms with Crippen LogP contribution in [0.15, 0.2) is 67.2 Å². The van der Waals surface area contributed by atoms with Crippen molar-refractivity contribution in [1.29, 1.82) is 0 Å². The Morgan fingerprint density at radius 2 is 2.03 bits per heavy atom. The minimum atomic E-state index is -0.439. The van der Waals surface area contributed by atoms with Crippen molar-refractivity contribution in [2.45, 2.75) is 26.4 Å². The van der Waals surface area contributed by atoms with E-state index in [0.717, 1.165) is 11.1 Å². The van der Waals surface area contributed by atoms with Gasteiger partial charge >= 0.3 is 5.76 Å². The Morgan fingerprint density at radius 1 is 1.17 bits per heavy atom. The molecule has 148 valence electrons. The van der Waals surface area contributed by atoms with Gasteiger partial charge in [0.15, 0.2) is 11.3 Å². The van der Waals surface area contributed by atoms with Crippen molar-refractivity contribution >= 4 is 22.7 Å². The number of amides is 1. The van der Waals surface area contributed by atoms with Gasteiger partial charge in [0.25, 0.3) is 5.56 Å². The van der Waals surface area contributed by atoms with Gasteiger partial charge in [-0.3, -0.25) is 14.2 Å². The molecule has 3 heterocycles. The monoisotopic (exact) mass is 394 g/mol. The third kappa shape index (κ3) is 3.75. The molecule has 4 aromatic rings. The third-order valence-electron chi connectivity index (χ3n) is 4.33. The first-order valence-corrected chi connectivity index (χ1v) is 9.10. The number of furan rings is 1. The quantitative estimate of drug-likeness (QED) is 0.538. The molecule has 4 rings (SSSR count). The Morgan fingerprint density at radius 3 is 2.79 bits per heavy atom. The van der Waals surface area contributed by atoms with E-state index in [0.29, 0.717) is 34.8 Å². The number of hydrogen-bond acceptors (Lipinski definition) is 6. The van der Waals surface area contributed by atoms with Crippen molar-refractivity contribution in [3.05, 3.63) is 69.6 Å². The van der Waals surface area contributed by atoms with Crippen LogP contribution in [0.2, 0.25) is 0 Å². The highest BCUT2D eigenvalue weighted by molar-refractivity contribution is 5.92. The molecule has 1 N–H and O–H groups in total. The van der Waals surface area contributed by atoms with Gasteiger partial charge in [0.05, 0.1) is 11.8 Å². The Balaban J connectivity index is 1.54. The average Bonchev–Trinajstić information content (AvgIpc) is 3.32. The molecule has 9 nitrogen and oxygen atoms in total. The smallest absolute Gasteiger partial charge is 0.419 e. The molecule has 0 aliphatic heterocycles. The second-order valence-corrected chi connectivity index (χ2v) is 6.44. The third-order valence-corrected chi connectivity index (χ3v) is 4.33. The van der Waals surface area contributed by atoms with Crippen LogP contribution >= 0.6 is 0 Å². The van der Waals surface area contributed by atoms with E-state index in [1.165, 1.54) is 18.4 Å². The van der Waals surface area contributed by atoms with Gasteiger partial charge in [0, 0.05) is 24.4 Å². The molecule has 0 spiro atoms. The van der Waals surface area contributed by atoms with Crippen molar-refractivity contribution < 1.29 is 13.6 Å². The minimum Gasteiger partial charge on any atom is -0.463 e. The van der Waals surface area contributed by atoms with E-state index < -0.39 is 17.2 Å². The van der Waals surface area contributed by atoms with E-state index in [1.54, 1.807) is 34.9 Å². The number of rotatable bonds is 6. The summed E-state index contributed by atoms with van der Waals surface area (Å²) < 4.78 is 13.1. The molecule has 0 unspecified atom stereocenters. The highest BCUT2D eigenvalue weighted by Crippen LogP contribution is 2.19. The molecule has 0 atom stereocenters. The number of aryl methyl sites for hydroxylation is 1. The Kier molecular flexibility index (Phi) is 4.86. The van der Waals surface area contributed by atoms with Gasteiger partial charge in [-0.15, -0.1) is 0 Å². The molecule has 1 amide bonds. The van der Waals surface area contributed by atoms with Crippen molar-refractivity contribution in [2.75, 3.05) is 5.32 Å². The van der Waals surface area contributed by atoms with Crippen LogP contribution in [0.3, 0.4) is 0 Å². The highest BCUT2D eigenvalue weighted by atomic mass is 16.4. The molecule has 0 radical (unpaired) electrons.